The van der Waals surface area contributed by atoms with Crippen molar-refractivity contribution >= 4 is 17.7 Å². The molecule has 2 aliphatic rings. The van der Waals surface area contributed by atoms with Crippen LogP contribution < -0.4 is 5.56 Å². The number of thioether (sulfide) groups is 1. The van der Waals surface area contributed by atoms with E-state index in [0.717, 1.165) is 44.5 Å². The van der Waals surface area contributed by atoms with Crippen LogP contribution in [0.25, 0.3) is 11.1 Å². The van der Waals surface area contributed by atoms with Crippen molar-refractivity contribution in [3.05, 3.63) is 51.8 Å². The Morgan fingerprint density at radius 1 is 1.19 bits per heavy atom. The normalized spacial score (nSPS) is 19.3. The molecule has 0 amide bonds. The van der Waals surface area contributed by atoms with Crippen LogP contribution in [0, 0.1) is 0 Å². The van der Waals surface area contributed by atoms with Gasteiger partial charge in [0.15, 0.2) is 0 Å². The average Bonchev–Trinajstić information content (AvgIpc) is 3.19. The average molecular weight is 452 g/mol. The Hall–Kier alpha value is -2.26. The van der Waals surface area contributed by atoms with Gasteiger partial charge in [0, 0.05) is 23.9 Å². The Balaban J connectivity index is 1.88. The first kappa shape index (κ1) is 22.0. The highest BCUT2D eigenvalue weighted by Crippen LogP contribution is 2.42. The van der Waals surface area contributed by atoms with Gasteiger partial charge < -0.3 is 4.74 Å². The maximum atomic E-state index is 13.4. The summed E-state index contributed by atoms with van der Waals surface area (Å²) >= 11 is 1.31. The lowest BCUT2D eigenvalue weighted by molar-refractivity contribution is -0.144. The molecule has 166 valence electrons. The summed E-state index contributed by atoms with van der Waals surface area (Å²) in [7, 11) is 1.26. The van der Waals surface area contributed by atoms with Crippen molar-refractivity contribution in [3.8, 4) is 11.1 Å². The van der Waals surface area contributed by atoms with Crippen LogP contribution in [0.1, 0.15) is 36.4 Å². The first-order valence-corrected chi connectivity index (χ1v) is 11.2. The van der Waals surface area contributed by atoms with E-state index in [4.69, 9.17) is 4.74 Å². The van der Waals surface area contributed by atoms with Crippen molar-refractivity contribution in [2.75, 3.05) is 26.0 Å². The number of halogens is 3. The molecule has 1 aromatic heterocycles. The first-order valence-electron chi connectivity index (χ1n) is 10.2. The van der Waals surface area contributed by atoms with Crippen LogP contribution in [-0.4, -0.2) is 41.4 Å². The van der Waals surface area contributed by atoms with Crippen LogP contribution in [-0.2, 0) is 22.3 Å². The van der Waals surface area contributed by atoms with Gasteiger partial charge >= 0.3 is 12.1 Å². The highest BCUT2D eigenvalue weighted by molar-refractivity contribution is 7.99. The number of carbonyl (C=O) groups is 1. The van der Waals surface area contributed by atoms with Gasteiger partial charge in [0.05, 0.1) is 17.7 Å². The van der Waals surface area contributed by atoms with E-state index in [-0.39, 0.29) is 5.56 Å². The largest absolute Gasteiger partial charge is 0.467 e. The van der Waals surface area contributed by atoms with Crippen LogP contribution in [0.5, 0.6) is 0 Å². The third-order valence-electron chi connectivity index (χ3n) is 5.77. The summed E-state index contributed by atoms with van der Waals surface area (Å²) < 4.78 is 46.3. The fourth-order valence-electron chi connectivity index (χ4n) is 4.27. The monoisotopic (exact) mass is 452 g/mol. The molecule has 2 aromatic rings. The Kier molecular flexibility index (Phi) is 6.16. The maximum Gasteiger partial charge on any atom is 0.416 e. The number of fused-ring (bicyclic) bond motifs is 1. The van der Waals surface area contributed by atoms with Gasteiger partial charge in [-0.05, 0) is 49.2 Å². The minimum Gasteiger partial charge on any atom is -0.467 e. The molecular formula is C22H23F3N2O3S. The molecule has 0 bridgehead atoms. The second kappa shape index (κ2) is 8.70. The molecule has 1 fully saturated rings. The van der Waals surface area contributed by atoms with E-state index in [2.05, 4.69) is 4.90 Å². The van der Waals surface area contributed by atoms with E-state index in [9.17, 15) is 22.8 Å². The summed E-state index contributed by atoms with van der Waals surface area (Å²) in [6.45, 7) is 2.26. The molecule has 0 radical (unpaired) electrons. The van der Waals surface area contributed by atoms with Crippen molar-refractivity contribution in [1.82, 2.24) is 9.47 Å². The Morgan fingerprint density at radius 3 is 2.61 bits per heavy atom. The number of carbonyl (C=O) groups excluding carboxylic acids is 1. The lowest BCUT2D eigenvalue weighted by Gasteiger charge is -2.28. The standard InChI is InChI=1S/C22H23F3N2O3S/c1-30-21(29)17-13-31-20-19(14-6-5-7-16(10-14)22(23,24)25)15(11-18(28)27(17)20)12-26-8-3-2-4-9-26/h5-7,10-11,17H,2-4,8-9,12-13H2,1H3/t17-/m0/s1. The minimum atomic E-state index is -4.47. The van der Waals surface area contributed by atoms with Gasteiger partial charge in [-0.1, -0.05) is 18.6 Å². The van der Waals surface area contributed by atoms with Crippen LogP contribution in [0.3, 0.4) is 0 Å². The van der Waals surface area contributed by atoms with Crippen molar-refractivity contribution in [2.24, 2.45) is 0 Å². The van der Waals surface area contributed by atoms with Crippen LogP contribution in [0.4, 0.5) is 13.2 Å². The fraction of sp³-hybridized carbons (Fsp3) is 0.455. The van der Waals surface area contributed by atoms with Gasteiger partial charge in [0.2, 0.25) is 0 Å². The number of aromatic nitrogens is 1. The predicted molar refractivity (Wildman–Crippen MR) is 112 cm³/mol. The molecule has 4 rings (SSSR count). The van der Waals surface area contributed by atoms with E-state index in [0.29, 0.717) is 34.0 Å². The van der Waals surface area contributed by atoms with E-state index in [1.165, 1.54) is 35.6 Å². The summed E-state index contributed by atoms with van der Waals surface area (Å²) in [6, 6.07) is 5.84. The highest BCUT2D eigenvalue weighted by Gasteiger charge is 2.35. The zero-order chi connectivity index (χ0) is 22.2. The predicted octanol–water partition coefficient (Wildman–Crippen LogP) is 4.34. The zero-order valence-electron chi connectivity index (χ0n) is 17.1. The Labute approximate surface area is 182 Å². The lowest BCUT2D eigenvalue weighted by atomic mass is 9.98. The van der Waals surface area contributed by atoms with Gasteiger partial charge in [0.1, 0.15) is 6.04 Å². The molecule has 0 N–H and O–H groups in total. The number of methoxy groups -OCH3 is 1. The minimum absolute atomic E-state index is 0.307. The van der Waals surface area contributed by atoms with Gasteiger partial charge in [-0.15, -0.1) is 11.8 Å². The van der Waals surface area contributed by atoms with Gasteiger partial charge in [-0.25, -0.2) is 4.79 Å². The van der Waals surface area contributed by atoms with Crippen molar-refractivity contribution in [1.29, 1.82) is 0 Å². The molecule has 2 aliphatic heterocycles. The van der Waals surface area contributed by atoms with Crippen LogP contribution in [0.2, 0.25) is 0 Å². The number of alkyl halides is 3. The third kappa shape index (κ3) is 4.39. The van der Waals surface area contributed by atoms with Gasteiger partial charge in [-0.2, -0.15) is 13.2 Å². The summed E-state index contributed by atoms with van der Waals surface area (Å²) in [5, 5.41) is 0.522. The summed E-state index contributed by atoms with van der Waals surface area (Å²) in [5.41, 5.74) is 0.594. The van der Waals surface area contributed by atoms with Crippen molar-refractivity contribution in [3.63, 3.8) is 0 Å². The van der Waals surface area contributed by atoms with Crippen molar-refractivity contribution in [2.45, 2.75) is 43.1 Å². The molecule has 0 aliphatic carbocycles. The number of pyridine rings is 1. The van der Waals surface area contributed by atoms with Crippen LogP contribution in [0.15, 0.2) is 40.2 Å². The van der Waals surface area contributed by atoms with E-state index < -0.39 is 23.8 Å². The number of likely N-dealkylation sites (tertiary alicyclic amines) is 1. The number of piperidine rings is 1. The zero-order valence-corrected chi connectivity index (χ0v) is 17.9. The molecule has 1 atom stereocenters. The summed E-state index contributed by atoms with van der Waals surface area (Å²) in [6.07, 6.45) is -1.20. The molecular weight excluding hydrogens is 429 g/mol. The second-order valence-corrected chi connectivity index (χ2v) is 8.83. The topological polar surface area (TPSA) is 51.5 Å². The molecule has 0 unspecified atom stereocenters. The Bertz CT molecular complexity index is 1050. The molecule has 0 saturated carbocycles. The second-order valence-electron chi connectivity index (χ2n) is 7.82. The van der Waals surface area contributed by atoms with E-state index in [1.54, 1.807) is 6.07 Å². The Morgan fingerprint density at radius 2 is 1.94 bits per heavy atom. The summed E-state index contributed by atoms with van der Waals surface area (Å²) in [4.78, 5) is 27.4. The van der Waals surface area contributed by atoms with Gasteiger partial charge in [-0.3, -0.25) is 14.3 Å². The fourth-order valence-corrected chi connectivity index (χ4v) is 5.62. The van der Waals surface area contributed by atoms with Crippen LogP contribution >= 0.6 is 11.8 Å². The summed E-state index contributed by atoms with van der Waals surface area (Å²) in [5.74, 6) is -0.228. The van der Waals surface area contributed by atoms with Crippen molar-refractivity contribution < 1.29 is 22.7 Å². The SMILES string of the molecule is COC(=O)[C@@H]1CSc2c(-c3cccc(C(F)(F)F)c3)c(CN3CCCCC3)cc(=O)n21. The quantitative estimate of drug-likeness (QED) is 0.646. The lowest BCUT2D eigenvalue weighted by Crippen LogP contribution is -2.32. The number of esters is 1. The smallest absolute Gasteiger partial charge is 0.416 e. The molecule has 9 heteroatoms. The molecule has 0 spiro atoms. The maximum absolute atomic E-state index is 13.4. The van der Waals surface area contributed by atoms with Gasteiger partial charge in [0.25, 0.3) is 5.56 Å². The number of hydrogen-bond donors (Lipinski definition) is 0. The number of rotatable bonds is 4. The number of hydrogen-bond acceptors (Lipinski definition) is 5. The first-order chi connectivity index (χ1) is 14.8. The molecule has 1 aromatic carbocycles. The third-order valence-corrected chi connectivity index (χ3v) is 6.93. The number of ether oxygens (including phenoxy) is 1. The van der Waals surface area contributed by atoms with E-state index >= 15 is 0 Å². The number of benzene rings is 1. The molecule has 3 heterocycles. The highest BCUT2D eigenvalue weighted by atomic mass is 32.2. The molecule has 31 heavy (non-hydrogen) atoms. The number of nitrogens with zero attached hydrogens (tertiary/aromatic N) is 2. The molecule has 5 nitrogen and oxygen atoms in total. The van der Waals surface area contributed by atoms with E-state index in [1.807, 2.05) is 0 Å². The molecule has 1 saturated heterocycles.